The summed E-state index contributed by atoms with van der Waals surface area (Å²) < 4.78 is 0. The summed E-state index contributed by atoms with van der Waals surface area (Å²) in [5, 5.41) is 4.45. The van der Waals surface area contributed by atoms with Crippen molar-refractivity contribution in [2.45, 2.75) is 38.6 Å². The van der Waals surface area contributed by atoms with Crippen molar-refractivity contribution in [3.05, 3.63) is 48.8 Å². The first-order valence-corrected chi connectivity index (χ1v) is 9.05. The van der Waals surface area contributed by atoms with Gasteiger partial charge < -0.3 is 10.2 Å². The Morgan fingerprint density at radius 3 is 2.92 bits per heavy atom. The van der Waals surface area contributed by atoms with Gasteiger partial charge in [-0.15, -0.1) is 0 Å². The molecule has 0 bridgehead atoms. The first kappa shape index (κ1) is 15.8. The molecule has 3 aromatic rings. The van der Waals surface area contributed by atoms with Crippen LogP contribution in [0.4, 0.5) is 17.5 Å². The number of rotatable bonds is 4. The zero-order valence-electron chi connectivity index (χ0n) is 14.5. The van der Waals surface area contributed by atoms with Crippen LogP contribution >= 0.6 is 0 Å². The van der Waals surface area contributed by atoms with Gasteiger partial charge in [0.2, 0.25) is 5.95 Å². The standard InChI is InChI=1S/C20H23N5/c1-2-16-9-3-4-14-25(16)18-11-13-22-20(24-18)23-17-10-5-7-15-8-6-12-21-19(15)17/h5-8,10-13,16H,2-4,9,14H2,1H3,(H,22,23,24). The molecule has 2 aromatic heterocycles. The Bertz CT molecular complexity index is 858. The normalized spacial score (nSPS) is 17.6. The van der Waals surface area contributed by atoms with E-state index in [4.69, 9.17) is 4.98 Å². The van der Waals surface area contributed by atoms with Crippen molar-refractivity contribution in [1.29, 1.82) is 0 Å². The predicted octanol–water partition coefficient (Wildman–Crippen LogP) is 4.54. The van der Waals surface area contributed by atoms with E-state index in [0.717, 1.165) is 35.4 Å². The molecule has 128 valence electrons. The number of benzene rings is 1. The van der Waals surface area contributed by atoms with Crippen LogP contribution in [0.2, 0.25) is 0 Å². The fourth-order valence-corrected chi connectivity index (χ4v) is 3.62. The number of pyridine rings is 1. The first-order valence-electron chi connectivity index (χ1n) is 9.05. The molecule has 0 amide bonds. The summed E-state index contributed by atoms with van der Waals surface area (Å²) >= 11 is 0. The summed E-state index contributed by atoms with van der Waals surface area (Å²) in [5.41, 5.74) is 1.87. The van der Waals surface area contributed by atoms with E-state index in [2.05, 4.69) is 39.2 Å². The van der Waals surface area contributed by atoms with Crippen molar-refractivity contribution >= 4 is 28.4 Å². The Labute approximate surface area is 148 Å². The van der Waals surface area contributed by atoms with E-state index >= 15 is 0 Å². The quantitative estimate of drug-likeness (QED) is 0.760. The van der Waals surface area contributed by atoms with Crippen molar-refractivity contribution in [3.8, 4) is 0 Å². The Hall–Kier alpha value is -2.69. The van der Waals surface area contributed by atoms with E-state index in [1.807, 2.05) is 36.7 Å². The minimum atomic E-state index is 0.579. The van der Waals surface area contributed by atoms with E-state index in [0.29, 0.717) is 12.0 Å². The molecule has 1 N–H and O–H groups in total. The molecule has 25 heavy (non-hydrogen) atoms. The predicted molar refractivity (Wildman–Crippen MR) is 102 cm³/mol. The van der Waals surface area contributed by atoms with Crippen LogP contribution < -0.4 is 10.2 Å². The molecule has 1 fully saturated rings. The van der Waals surface area contributed by atoms with Gasteiger partial charge in [-0.2, -0.15) is 4.98 Å². The molecular formula is C20H23N5. The highest BCUT2D eigenvalue weighted by molar-refractivity contribution is 5.91. The van der Waals surface area contributed by atoms with E-state index in [9.17, 15) is 0 Å². The van der Waals surface area contributed by atoms with Gasteiger partial charge in [0.25, 0.3) is 0 Å². The summed E-state index contributed by atoms with van der Waals surface area (Å²) in [5.74, 6) is 1.63. The molecule has 1 aliphatic heterocycles. The van der Waals surface area contributed by atoms with Gasteiger partial charge in [-0.3, -0.25) is 4.98 Å². The van der Waals surface area contributed by atoms with Crippen LogP contribution in [0.15, 0.2) is 48.8 Å². The Morgan fingerprint density at radius 1 is 1.08 bits per heavy atom. The summed E-state index contributed by atoms with van der Waals surface area (Å²) in [6.07, 6.45) is 8.59. The number of aromatic nitrogens is 3. The van der Waals surface area contributed by atoms with E-state index in [1.54, 1.807) is 0 Å². The number of para-hydroxylation sites is 1. The molecule has 0 aliphatic carbocycles. The zero-order valence-corrected chi connectivity index (χ0v) is 14.5. The molecule has 4 rings (SSSR count). The third-order valence-corrected chi connectivity index (χ3v) is 4.91. The SMILES string of the molecule is CCC1CCCCN1c1ccnc(Nc2cccc3cccnc23)n1. The minimum absolute atomic E-state index is 0.579. The van der Waals surface area contributed by atoms with Gasteiger partial charge in [0, 0.05) is 30.4 Å². The molecule has 3 heterocycles. The smallest absolute Gasteiger partial charge is 0.229 e. The molecule has 0 saturated carbocycles. The fourth-order valence-electron chi connectivity index (χ4n) is 3.62. The van der Waals surface area contributed by atoms with Crippen LogP contribution in [0.25, 0.3) is 10.9 Å². The molecule has 1 saturated heterocycles. The number of fused-ring (bicyclic) bond motifs is 1. The van der Waals surface area contributed by atoms with Gasteiger partial charge in [-0.05, 0) is 43.9 Å². The highest BCUT2D eigenvalue weighted by Gasteiger charge is 2.22. The highest BCUT2D eigenvalue weighted by atomic mass is 15.2. The first-order chi connectivity index (χ1) is 12.3. The third-order valence-electron chi connectivity index (χ3n) is 4.91. The van der Waals surface area contributed by atoms with Gasteiger partial charge in [0.1, 0.15) is 5.82 Å². The van der Waals surface area contributed by atoms with Crippen LogP contribution in [0.5, 0.6) is 0 Å². The zero-order chi connectivity index (χ0) is 17.1. The Balaban J connectivity index is 1.63. The second-order valence-electron chi connectivity index (χ2n) is 6.50. The maximum Gasteiger partial charge on any atom is 0.229 e. The summed E-state index contributed by atoms with van der Waals surface area (Å²) in [6, 6.07) is 12.7. The van der Waals surface area contributed by atoms with Crippen molar-refractivity contribution in [3.63, 3.8) is 0 Å². The highest BCUT2D eigenvalue weighted by Crippen LogP contribution is 2.27. The molecular weight excluding hydrogens is 310 g/mol. The number of nitrogens with zero attached hydrogens (tertiary/aromatic N) is 4. The van der Waals surface area contributed by atoms with Crippen molar-refractivity contribution < 1.29 is 0 Å². The number of anilines is 3. The van der Waals surface area contributed by atoms with Gasteiger partial charge in [-0.25, -0.2) is 4.98 Å². The van der Waals surface area contributed by atoms with Gasteiger partial charge in [0.05, 0.1) is 11.2 Å². The van der Waals surface area contributed by atoms with Gasteiger partial charge in [0.15, 0.2) is 0 Å². The number of hydrogen-bond donors (Lipinski definition) is 1. The maximum absolute atomic E-state index is 4.77. The minimum Gasteiger partial charge on any atom is -0.353 e. The fraction of sp³-hybridized carbons (Fsp3) is 0.350. The van der Waals surface area contributed by atoms with E-state index < -0.39 is 0 Å². The van der Waals surface area contributed by atoms with Crippen molar-refractivity contribution in [1.82, 2.24) is 15.0 Å². The average Bonchev–Trinajstić information content (AvgIpc) is 2.68. The lowest BCUT2D eigenvalue weighted by Crippen LogP contribution is -2.39. The third kappa shape index (κ3) is 3.27. The van der Waals surface area contributed by atoms with E-state index in [1.165, 1.54) is 19.3 Å². The molecule has 0 spiro atoms. The van der Waals surface area contributed by atoms with Crippen LogP contribution in [-0.2, 0) is 0 Å². The Kier molecular flexibility index (Phi) is 4.46. The van der Waals surface area contributed by atoms with Crippen molar-refractivity contribution in [2.75, 3.05) is 16.8 Å². The van der Waals surface area contributed by atoms with Crippen LogP contribution in [0.3, 0.4) is 0 Å². The molecule has 1 atom stereocenters. The summed E-state index contributed by atoms with van der Waals surface area (Å²) in [7, 11) is 0. The van der Waals surface area contributed by atoms with E-state index in [-0.39, 0.29) is 0 Å². The monoisotopic (exact) mass is 333 g/mol. The lowest BCUT2D eigenvalue weighted by atomic mass is 10.0. The summed E-state index contributed by atoms with van der Waals surface area (Å²) in [4.78, 5) is 16.1. The van der Waals surface area contributed by atoms with Crippen molar-refractivity contribution in [2.24, 2.45) is 0 Å². The molecule has 0 radical (unpaired) electrons. The van der Waals surface area contributed by atoms with Gasteiger partial charge >= 0.3 is 0 Å². The number of nitrogens with one attached hydrogen (secondary N) is 1. The van der Waals surface area contributed by atoms with Gasteiger partial charge in [-0.1, -0.05) is 25.1 Å². The number of hydrogen-bond acceptors (Lipinski definition) is 5. The summed E-state index contributed by atoms with van der Waals surface area (Å²) in [6.45, 7) is 3.33. The topological polar surface area (TPSA) is 53.9 Å². The lowest BCUT2D eigenvalue weighted by molar-refractivity contribution is 0.447. The molecule has 1 aromatic carbocycles. The van der Waals surface area contributed by atoms with Crippen LogP contribution in [-0.4, -0.2) is 27.5 Å². The molecule has 5 nitrogen and oxygen atoms in total. The molecule has 1 unspecified atom stereocenters. The average molecular weight is 333 g/mol. The molecule has 5 heteroatoms. The number of piperidine rings is 1. The second-order valence-corrected chi connectivity index (χ2v) is 6.50. The largest absolute Gasteiger partial charge is 0.353 e. The van der Waals surface area contributed by atoms with Crippen LogP contribution in [0.1, 0.15) is 32.6 Å². The van der Waals surface area contributed by atoms with Crippen LogP contribution in [0, 0.1) is 0 Å². The molecule has 1 aliphatic rings. The maximum atomic E-state index is 4.77. The lowest BCUT2D eigenvalue weighted by Gasteiger charge is -2.36. The second kappa shape index (κ2) is 7.05. The Morgan fingerprint density at radius 2 is 2.00 bits per heavy atom.